The molecule has 9 heteroatoms. The number of benzene rings is 2. The molecular weight excluding hydrogens is 443 g/mol. The Morgan fingerprint density at radius 3 is 2.52 bits per heavy atom. The molecule has 174 valence electrons. The summed E-state index contributed by atoms with van der Waals surface area (Å²) in [5.41, 5.74) is 1.79. The highest BCUT2D eigenvalue weighted by atomic mass is 32.2. The van der Waals surface area contributed by atoms with E-state index in [1.54, 1.807) is 48.7 Å². The van der Waals surface area contributed by atoms with Gasteiger partial charge in [0.2, 0.25) is 5.95 Å². The van der Waals surface area contributed by atoms with Gasteiger partial charge >= 0.3 is 0 Å². The first-order valence-corrected chi connectivity index (χ1v) is 12.6. The van der Waals surface area contributed by atoms with Crippen LogP contribution in [0.3, 0.4) is 0 Å². The maximum atomic E-state index is 14.0. The van der Waals surface area contributed by atoms with Crippen LogP contribution in [0, 0.1) is 5.82 Å². The SMILES string of the molecule is COc1ccc(-c2ccnc(Nc3ccc(S(=O)(=O)CCN4CCCCC4)cc3)n2)cc1F. The first kappa shape index (κ1) is 23.1. The number of anilines is 2. The van der Waals surface area contributed by atoms with Crippen LogP contribution >= 0.6 is 0 Å². The van der Waals surface area contributed by atoms with E-state index in [0.717, 1.165) is 25.9 Å². The molecule has 4 rings (SSSR count). The van der Waals surface area contributed by atoms with Gasteiger partial charge in [0.05, 0.1) is 23.5 Å². The van der Waals surface area contributed by atoms with Crippen LogP contribution in [0.15, 0.2) is 59.6 Å². The van der Waals surface area contributed by atoms with Crippen molar-refractivity contribution in [3.05, 3.63) is 60.5 Å². The van der Waals surface area contributed by atoms with E-state index in [1.165, 1.54) is 19.6 Å². The van der Waals surface area contributed by atoms with Crippen LogP contribution < -0.4 is 10.1 Å². The molecule has 1 fully saturated rings. The predicted octanol–water partition coefficient (Wildman–Crippen LogP) is 4.29. The van der Waals surface area contributed by atoms with Crippen LogP contribution in [0.1, 0.15) is 19.3 Å². The second-order valence-corrected chi connectivity index (χ2v) is 10.1. The van der Waals surface area contributed by atoms with Crippen molar-refractivity contribution in [1.29, 1.82) is 0 Å². The lowest BCUT2D eigenvalue weighted by atomic mass is 10.1. The lowest BCUT2D eigenvalue weighted by molar-refractivity contribution is 0.241. The van der Waals surface area contributed by atoms with Gasteiger partial charge in [-0.3, -0.25) is 0 Å². The fraction of sp³-hybridized carbons (Fsp3) is 0.333. The highest BCUT2D eigenvalue weighted by Gasteiger charge is 2.18. The largest absolute Gasteiger partial charge is 0.494 e. The molecule has 0 unspecified atom stereocenters. The molecule has 1 saturated heterocycles. The van der Waals surface area contributed by atoms with Gasteiger partial charge in [-0.25, -0.2) is 22.8 Å². The third-order valence-corrected chi connectivity index (χ3v) is 7.41. The smallest absolute Gasteiger partial charge is 0.227 e. The van der Waals surface area contributed by atoms with Crippen LogP contribution in [-0.4, -0.2) is 55.8 Å². The van der Waals surface area contributed by atoms with Gasteiger partial charge in [0.25, 0.3) is 0 Å². The van der Waals surface area contributed by atoms with Crippen molar-refractivity contribution in [1.82, 2.24) is 14.9 Å². The number of aromatic nitrogens is 2. The van der Waals surface area contributed by atoms with E-state index in [9.17, 15) is 12.8 Å². The molecule has 1 N–H and O–H groups in total. The number of hydrogen-bond acceptors (Lipinski definition) is 7. The molecule has 2 aromatic carbocycles. The molecule has 33 heavy (non-hydrogen) atoms. The van der Waals surface area contributed by atoms with Crippen molar-refractivity contribution in [3.63, 3.8) is 0 Å². The van der Waals surface area contributed by atoms with E-state index in [-0.39, 0.29) is 11.5 Å². The summed E-state index contributed by atoms with van der Waals surface area (Å²) in [4.78, 5) is 11.2. The van der Waals surface area contributed by atoms with Crippen LogP contribution in [0.5, 0.6) is 5.75 Å². The number of halogens is 1. The molecule has 0 atom stereocenters. The van der Waals surface area contributed by atoms with Crippen LogP contribution in [0.25, 0.3) is 11.3 Å². The standard InChI is InChI=1S/C24H27FN4O3S/c1-32-23-10-5-18(17-21(23)25)22-11-12-26-24(28-22)27-19-6-8-20(9-7-19)33(30,31)16-15-29-13-3-2-4-14-29/h5-12,17H,2-4,13-16H2,1H3,(H,26,27,28). The molecule has 0 amide bonds. The molecule has 7 nitrogen and oxygen atoms in total. The first-order valence-electron chi connectivity index (χ1n) is 10.9. The van der Waals surface area contributed by atoms with E-state index in [2.05, 4.69) is 20.2 Å². The quantitative estimate of drug-likeness (QED) is 0.526. The summed E-state index contributed by atoms with van der Waals surface area (Å²) in [7, 11) is -1.94. The molecule has 1 aromatic heterocycles. The molecule has 0 radical (unpaired) electrons. The monoisotopic (exact) mass is 470 g/mol. The number of rotatable bonds is 8. The van der Waals surface area contributed by atoms with Gasteiger partial charge in [-0.05, 0) is 74.5 Å². The van der Waals surface area contributed by atoms with Gasteiger partial charge in [-0.1, -0.05) is 6.42 Å². The first-order chi connectivity index (χ1) is 15.9. The molecule has 0 bridgehead atoms. The number of piperidine rings is 1. The third-order valence-electron chi connectivity index (χ3n) is 5.70. The Balaban J connectivity index is 1.42. The van der Waals surface area contributed by atoms with Gasteiger partial charge in [-0.2, -0.15) is 0 Å². The molecule has 1 aliphatic rings. The highest BCUT2D eigenvalue weighted by molar-refractivity contribution is 7.91. The van der Waals surface area contributed by atoms with E-state index >= 15 is 0 Å². The maximum Gasteiger partial charge on any atom is 0.227 e. The summed E-state index contributed by atoms with van der Waals surface area (Å²) < 4.78 is 44.4. The minimum absolute atomic E-state index is 0.114. The summed E-state index contributed by atoms with van der Waals surface area (Å²) in [6, 6.07) is 12.9. The lowest BCUT2D eigenvalue weighted by Crippen LogP contribution is -2.33. The summed E-state index contributed by atoms with van der Waals surface area (Å²) in [6.07, 6.45) is 5.07. The average Bonchev–Trinajstić information content (AvgIpc) is 2.84. The Labute approximate surface area is 193 Å². The Kier molecular flexibility index (Phi) is 7.20. The van der Waals surface area contributed by atoms with Crippen molar-refractivity contribution in [2.24, 2.45) is 0 Å². The second kappa shape index (κ2) is 10.3. The summed E-state index contributed by atoms with van der Waals surface area (Å²) in [5.74, 6) is 0.130. The number of nitrogens with zero attached hydrogens (tertiary/aromatic N) is 3. The van der Waals surface area contributed by atoms with Gasteiger partial charge < -0.3 is 15.0 Å². The number of nitrogens with one attached hydrogen (secondary N) is 1. The molecule has 0 saturated carbocycles. The topological polar surface area (TPSA) is 84.4 Å². The maximum absolute atomic E-state index is 14.0. The number of hydrogen-bond donors (Lipinski definition) is 1. The van der Waals surface area contributed by atoms with E-state index in [4.69, 9.17) is 4.74 Å². The van der Waals surface area contributed by atoms with Crippen LogP contribution in [0.2, 0.25) is 0 Å². The van der Waals surface area contributed by atoms with Gasteiger partial charge in [0.15, 0.2) is 21.4 Å². The fourth-order valence-corrected chi connectivity index (χ4v) is 5.12. The highest BCUT2D eigenvalue weighted by Crippen LogP contribution is 2.25. The predicted molar refractivity (Wildman–Crippen MR) is 126 cm³/mol. The molecule has 0 aliphatic carbocycles. The van der Waals surface area contributed by atoms with Crippen molar-refractivity contribution in [3.8, 4) is 17.0 Å². The van der Waals surface area contributed by atoms with Crippen molar-refractivity contribution >= 4 is 21.5 Å². The van der Waals surface area contributed by atoms with Gasteiger partial charge in [0, 0.05) is 24.0 Å². The molecule has 2 heterocycles. The molecule has 0 spiro atoms. The van der Waals surface area contributed by atoms with E-state index in [1.807, 2.05) is 0 Å². The second-order valence-electron chi connectivity index (χ2n) is 7.99. The fourth-order valence-electron chi connectivity index (χ4n) is 3.83. The normalized spacial score (nSPS) is 14.7. The summed E-state index contributed by atoms with van der Waals surface area (Å²) >= 11 is 0. The lowest BCUT2D eigenvalue weighted by Gasteiger charge is -2.26. The van der Waals surface area contributed by atoms with Crippen molar-refractivity contribution < 1.29 is 17.5 Å². The molecule has 3 aromatic rings. The minimum atomic E-state index is -3.35. The minimum Gasteiger partial charge on any atom is -0.494 e. The summed E-state index contributed by atoms with van der Waals surface area (Å²) in [5, 5.41) is 3.07. The third kappa shape index (κ3) is 5.85. The Bertz CT molecular complexity index is 1200. The average molecular weight is 471 g/mol. The zero-order valence-corrected chi connectivity index (χ0v) is 19.3. The summed E-state index contributed by atoms with van der Waals surface area (Å²) in [6.45, 7) is 2.51. The number of methoxy groups -OCH3 is 1. The Morgan fingerprint density at radius 2 is 1.82 bits per heavy atom. The molecular formula is C24H27FN4O3S. The van der Waals surface area contributed by atoms with E-state index < -0.39 is 15.7 Å². The van der Waals surface area contributed by atoms with Crippen LogP contribution in [0.4, 0.5) is 16.0 Å². The van der Waals surface area contributed by atoms with Gasteiger partial charge in [-0.15, -0.1) is 0 Å². The van der Waals surface area contributed by atoms with Crippen LogP contribution in [-0.2, 0) is 9.84 Å². The van der Waals surface area contributed by atoms with Gasteiger partial charge in [0.1, 0.15) is 0 Å². The number of likely N-dealkylation sites (tertiary alicyclic amines) is 1. The Morgan fingerprint density at radius 1 is 1.06 bits per heavy atom. The Hall–Kier alpha value is -3.04. The number of ether oxygens (including phenoxy) is 1. The van der Waals surface area contributed by atoms with Crippen molar-refractivity contribution in [2.75, 3.05) is 37.8 Å². The molecule has 1 aliphatic heterocycles. The van der Waals surface area contributed by atoms with Crippen molar-refractivity contribution in [2.45, 2.75) is 24.2 Å². The van der Waals surface area contributed by atoms with E-state index in [0.29, 0.717) is 34.3 Å². The zero-order chi connectivity index (χ0) is 23.3. The zero-order valence-electron chi connectivity index (χ0n) is 18.5. The number of sulfone groups is 1.